The maximum atomic E-state index is 13.9. The lowest BCUT2D eigenvalue weighted by atomic mass is 10.2. The molecule has 0 atom stereocenters. The zero-order chi connectivity index (χ0) is 21.0. The zero-order valence-corrected chi connectivity index (χ0v) is 20.3. The van der Waals surface area contributed by atoms with Crippen molar-refractivity contribution in [3.63, 3.8) is 0 Å². The van der Waals surface area contributed by atoms with Gasteiger partial charge in [-0.05, 0) is 58.7 Å². The van der Waals surface area contributed by atoms with Gasteiger partial charge >= 0.3 is 6.09 Å². The highest BCUT2D eigenvalue weighted by Crippen LogP contribution is 2.18. The number of hydrogen-bond acceptors (Lipinski definition) is 4. The third kappa shape index (κ3) is 12.4. The topological polar surface area (TPSA) is 84.0 Å². The van der Waals surface area contributed by atoms with Gasteiger partial charge < -0.3 is 25.4 Å². The van der Waals surface area contributed by atoms with E-state index in [-0.39, 0.29) is 35.5 Å². The molecule has 1 aromatic rings. The van der Waals surface area contributed by atoms with Crippen LogP contribution in [0.4, 0.5) is 9.18 Å². The number of nitrogens with zero attached hydrogens (tertiary/aromatic N) is 1. The number of hydrogen-bond donors (Lipinski definition) is 3. The van der Waals surface area contributed by atoms with Crippen molar-refractivity contribution in [2.45, 2.75) is 53.2 Å². The lowest BCUT2D eigenvalue weighted by Crippen LogP contribution is -2.39. The molecule has 0 heterocycles. The summed E-state index contributed by atoms with van der Waals surface area (Å²) in [6.45, 7) is 11.8. The number of rotatable bonds is 9. The molecule has 1 amide bonds. The van der Waals surface area contributed by atoms with E-state index in [4.69, 9.17) is 9.47 Å². The average molecular weight is 524 g/mol. The first-order valence-corrected chi connectivity index (χ1v) is 9.65. The summed E-state index contributed by atoms with van der Waals surface area (Å²) in [5.41, 5.74) is 0.248. The summed E-state index contributed by atoms with van der Waals surface area (Å²) < 4.78 is 24.3. The van der Waals surface area contributed by atoms with Crippen LogP contribution in [0.2, 0.25) is 0 Å². The maximum absolute atomic E-state index is 13.9. The lowest BCUT2D eigenvalue weighted by molar-refractivity contribution is 0.0527. The first-order valence-electron chi connectivity index (χ1n) is 9.65. The molecule has 1 aromatic carbocycles. The Labute approximate surface area is 190 Å². The molecule has 3 N–H and O–H groups in total. The van der Waals surface area contributed by atoms with Crippen LogP contribution >= 0.6 is 24.0 Å². The third-order valence-corrected chi connectivity index (χ3v) is 3.37. The Morgan fingerprint density at radius 3 is 2.41 bits per heavy atom. The minimum atomic E-state index is -0.506. The highest BCUT2D eigenvalue weighted by molar-refractivity contribution is 14.0. The van der Waals surface area contributed by atoms with E-state index in [2.05, 4.69) is 20.9 Å². The van der Waals surface area contributed by atoms with Gasteiger partial charge in [-0.2, -0.15) is 0 Å². The summed E-state index contributed by atoms with van der Waals surface area (Å²) in [6.07, 6.45) is 0.284. The second-order valence-electron chi connectivity index (χ2n) is 7.10. The molecule has 0 saturated carbocycles. The van der Waals surface area contributed by atoms with E-state index in [1.54, 1.807) is 12.1 Å². The van der Waals surface area contributed by atoms with Gasteiger partial charge in [0.25, 0.3) is 0 Å². The fourth-order valence-corrected chi connectivity index (χ4v) is 2.23. The van der Waals surface area contributed by atoms with Crippen LogP contribution in [-0.2, 0) is 11.3 Å². The van der Waals surface area contributed by atoms with Crippen molar-refractivity contribution in [1.82, 2.24) is 16.0 Å². The highest BCUT2D eigenvalue weighted by Gasteiger charge is 2.15. The monoisotopic (exact) mass is 524 g/mol. The largest absolute Gasteiger partial charge is 0.491 e. The predicted molar refractivity (Wildman–Crippen MR) is 125 cm³/mol. The molecule has 0 bridgehead atoms. The minimum absolute atomic E-state index is 0. The zero-order valence-electron chi connectivity index (χ0n) is 17.9. The van der Waals surface area contributed by atoms with Gasteiger partial charge in [0.05, 0.1) is 13.2 Å². The molecule has 0 aliphatic carbocycles. The smallest absolute Gasteiger partial charge is 0.407 e. The summed E-state index contributed by atoms with van der Waals surface area (Å²) in [7, 11) is 0. The first kappa shape index (κ1) is 27.2. The van der Waals surface area contributed by atoms with Gasteiger partial charge in [0.2, 0.25) is 0 Å². The number of halogens is 2. The van der Waals surface area contributed by atoms with Gasteiger partial charge in [-0.15, -0.1) is 24.0 Å². The SMILES string of the molecule is CCNC(=NCc1ccc(OCC)c(F)c1)NCCCNC(=O)OC(C)(C)C.I. The van der Waals surface area contributed by atoms with Gasteiger partial charge in [0.1, 0.15) is 5.60 Å². The van der Waals surface area contributed by atoms with Crippen LogP contribution in [0.15, 0.2) is 23.2 Å². The molecule has 0 aliphatic heterocycles. The number of alkyl carbamates (subject to hydrolysis) is 1. The van der Waals surface area contributed by atoms with Gasteiger partial charge in [0, 0.05) is 19.6 Å². The number of carbonyl (C=O) groups is 1. The first-order chi connectivity index (χ1) is 13.2. The third-order valence-electron chi connectivity index (χ3n) is 3.37. The summed E-state index contributed by atoms with van der Waals surface area (Å²) >= 11 is 0. The fourth-order valence-electron chi connectivity index (χ4n) is 2.23. The Morgan fingerprint density at radius 2 is 1.83 bits per heavy atom. The number of aliphatic imine (C=N–C) groups is 1. The van der Waals surface area contributed by atoms with Crippen molar-refractivity contribution < 1.29 is 18.7 Å². The number of benzene rings is 1. The molecule has 7 nitrogen and oxygen atoms in total. The summed E-state index contributed by atoms with van der Waals surface area (Å²) in [5, 5.41) is 9.04. The van der Waals surface area contributed by atoms with Crippen molar-refractivity contribution in [3.8, 4) is 5.75 Å². The van der Waals surface area contributed by atoms with Gasteiger partial charge in [0.15, 0.2) is 17.5 Å². The standard InChI is InChI=1S/C20H33FN4O3.HI/c1-6-22-18(23-11-8-12-24-19(26)28-20(3,4)5)25-14-15-9-10-17(27-7-2)16(21)13-15;/h9-10,13H,6-8,11-12,14H2,1-5H3,(H,24,26)(H2,22,23,25);1H. The van der Waals surface area contributed by atoms with Gasteiger partial charge in [-0.25, -0.2) is 14.2 Å². The predicted octanol–water partition coefficient (Wildman–Crippen LogP) is 3.81. The summed E-state index contributed by atoms with van der Waals surface area (Å²) in [6, 6.07) is 4.85. The van der Waals surface area contributed by atoms with Gasteiger partial charge in [-0.1, -0.05) is 6.07 Å². The number of ether oxygens (including phenoxy) is 2. The van der Waals surface area contributed by atoms with E-state index in [1.807, 2.05) is 34.6 Å². The molecule has 0 unspecified atom stereocenters. The normalized spacial score (nSPS) is 11.3. The van der Waals surface area contributed by atoms with E-state index >= 15 is 0 Å². The van der Waals surface area contributed by atoms with E-state index in [1.165, 1.54) is 6.07 Å². The highest BCUT2D eigenvalue weighted by atomic mass is 127. The molecule has 0 radical (unpaired) electrons. The maximum Gasteiger partial charge on any atom is 0.407 e. The molecule has 0 saturated heterocycles. The Morgan fingerprint density at radius 1 is 1.14 bits per heavy atom. The van der Waals surface area contributed by atoms with Crippen molar-refractivity contribution in [1.29, 1.82) is 0 Å². The Hall–Kier alpha value is -1.78. The van der Waals surface area contributed by atoms with Crippen LogP contribution < -0.4 is 20.7 Å². The molecule has 29 heavy (non-hydrogen) atoms. The molecule has 0 spiro atoms. The number of carbonyl (C=O) groups excluding carboxylic acids is 1. The molecule has 166 valence electrons. The summed E-state index contributed by atoms with van der Waals surface area (Å²) in [4.78, 5) is 16.0. The van der Waals surface area contributed by atoms with Crippen LogP contribution in [0.3, 0.4) is 0 Å². The van der Waals surface area contributed by atoms with Gasteiger partial charge in [-0.3, -0.25) is 0 Å². The van der Waals surface area contributed by atoms with Crippen molar-refractivity contribution in [2.75, 3.05) is 26.2 Å². The average Bonchev–Trinajstić information content (AvgIpc) is 2.60. The Bertz CT molecular complexity index is 651. The second kappa shape index (κ2) is 14.2. The molecular weight excluding hydrogens is 490 g/mol. The van der Waals surface area contributed by atoms with Crippen LogP contribution in [0, 0.1) is 5.82 Å². The molecule has 0 aromatic heterocycles. The number of amides is 1. The van der Waals surface area contributed by atoms with Crippen LogP contribution in [-0.4, -0.2) is 43.9 Å². The second-order valence-corrected chi connectivity index (χ2v) is 7.10. The summed E-state index contributed by atoms with van der Waals surface area (Å²) in [5.74, 6) is 0.493. The van der Waals surface area contributed by atoms with Crippen LogP contribution in [0.1, 0.15) is 46.6 Å². The van der Waals surface area contributed by atoms with E-state index in [9.17, 15) is 9.18 Å². The minimum Gasteiger partial charge on any atom is -0.491 e. The lowest BCUT2D eigenvalue weighted by Gasteiger charge is -2.19. The van der Waals surface area contributed by atoms with Crippen LogP contribution in [0.25, 0.3) is 0 Å². The number of guanidine groups is 1. The van der Waals surface area contributed by atoms with Crippen molar-refractivity contribution in [2.24, 2.45) is 4.99 Å². The Kier molecular flexibility index (Phi) is 13.4. The quantitative estimate of drug-likeness (QED) is 0.198. The van der Waals surface area contributed by atoms with Crippen molar-refractivity contribution in [3.05, 3.63) is 29.6 Å². The fraction of sp³-hybridized carbons (Fsp3) is 0.600. The molecule has 0 aliphatic rings. The molecule has 9 heteroatoms. The van der Waals surface area contributed by atoms with E-state index in [0.29, 0.717) is 45.2 Å². The Balaban J connectivity index is 0.00000784. The molecule has 1 rings (SSSR count). The molecular formula is C20H34FIN4O3. The van der Waals surface area contributed by atoms with E-state index in [0.717, 1.165) is 5.56 Å². The number of nitrogens with one attached hydrogen (secondary N) is 3. The van der Waals surface area contributed by atoms with Crippen LogP contribution in [0.5, 0.6) is 5.75 Å². The van der Waals surface area contributed by atoms with E-state index < -0.39 is 11.7 Å². The molecule has 0 fully saturated rings. The van der Waals surface area contributed by atoms with Crippen molar-refractivity contribution >= 4 is 36.0 Å².